The Labute approximate surface area is 152 Å². The molecule has 3 aromatic rings. The maximum absolute atomic E-state index is 6.10. The quantitative estimate of drug-likeness (QED) is 0.664. The van der Waals surface area contributed by atoms with Crippen molar-refractivity contribution in [3.8, 4) is 16.5 Å². The fourth-order valence-corrected chi connectivity index (χ4v) is 3.73. The lowest BCUT2D eigenvalue weighted by atomic mass is 10.3. The Balaban J connectivity index is 1.81. The van der Waals surface area contributed by atoms with Crippen LogP contribution in [0.1, 0.15) is 19.5 Å². The molecule has 0 spiro atoms. The standard InChI is InChI=1S/C15H16ClN5OS2/c1-7(2)22-13-9(16)4-5-11(20-13)21-15-19-10(6-23-15)12-8(3)18-14(17)24-12/h4-7H,1-3H3,(H2,17,18)(H,19,20,21). The van der Waals surface area contributed by atoms with Gasteiger partial charge in [0.25, 0.3) is 0 Å². The molecule has 0 saturated carbocycles. The molecule has 3 heterocycles. The van der Waals surface area contributed by atoms with Gasteiger partial charge in [0.2, 0.25) is 5.88 Å². The summed E-state index contributed by atoms with van der Waals surface area (Å²) in [5.41, 5.74) is 7.48. The molecule has 0 aliphatic carbocycles. The van der Waals surface area contributed by atoms with E-state index in [1.165, 1.54) is 22.7 Å². The Kier molecular flexibility index (Phi) is 4.88. The van der Waals surface area contributed by atoms with Crippen molar-refractivity contribution in [2.45, 2.75) is 26.9 Å². The number of nitrogens with zero attached hydrogens (tertiary/aromatic N) is 3. The van der Waals surface area contributed by atoms with Gasteiger partial charge in [-0.15, -0.1) is 11.3 Å². The van der Waals surface area contributed by atoms with Crippen molar-refractivity contribution in [1.82, 2.24) is 15.0 Å². The molecular formula is C15H16ClN5OS2. The largest absolute Gasteiger partial charge is 0.474 e. The average Bonchev–Trinajstić information content (AvgIpc) is 3.08. The van der Waals surface area contributed by atoms with Gasteiger partial charge in [0.15, 0.2) is 10.3 Å². The van der Waals surface area contributed by atoms with Gasteiger partial charge in [0.05, 0.1) is 22.4 Å². The van der Waals surface area contributed by atoms with Crippen LogP contribution in [0.3, 0.4) is 0 Å². The number of aryl methyl sites for hydroxylation is 1. The lowest BCUT2D eigenvalue weighted by molar-refractivity contribution is 0.233. The van der Waals surface area contributed by atoms with Gasteiger partial charge >= 0.3 is 0 Å². The molecule has 0 aliphatic heterocycles. The fraction of sp³-hybridized carbons (Fsp3) is 0.267. The van der Waals surface area contributed by atoms with E-state index in [1.54, 1.807) is 12.1 Å². The number of halogens is 1. The average molecular weight is 382 g/mol. The summed E-state index contributed by atoms with van der Waals surface area (Å²) in [6, 6.07) is 3.53. The topological polar surface area (TPSA) is 86.0 Å². The maximum Gasteiger partial charge on any atom is 0.234 e. The molecule has 0 atom stereocenters. The molecule has 3 aromatic heterocycles. The van der Waals surface area contributed by atoms with Gasteiger partial charge in [0.1, 0.15) is 10.8 Å². The third kappa shape index (κ3) is 3.77. The molecular weight excluding hydrogens is 366 g/mol. The highest BCUT2D eigenvalue weighted by Crippen LogP contribution is 2.34. The van der Waals surface area contributed by atoms with Gasteiger partial charge in [-0.1, -0.05) is 22.9 Å². The highest BCUT2D eigenvalue weighted by molar-refractivity contribution is 7.19. The summed E-state index contributed by atoms with van der Waals surface area (Å²) in [6.07, 6.45) is -0.00326. The number of nitrogens with two attached hydrogens (primary N) is 1. The van der Waals surface area contributed by atoms with Crippen LogP contribution in [0, 0.1) is 6.92 Å². The summed E-state index contributed by atoms with van der Waals surface area (Å²) in [6.45, 7) is 5.77. The number of thiazole rings is 2. The molecule has 0 radical (unpaired) electrons. The van der Waals surface area contributed by atoms with Crippen LogP contribution in [0.2, 0.25) is 5.02 Å². The van der Waals surface area contributed by atoms with Crippen molar-refractivity contribution < 1.29 is 4.74 Å². The van der Waals surface area contributed by atoms with Gasteiger partial charge in [0, 0.05) is 5.38 Å². The summed E-state index contributed by atoms with van der Waals surface area (Å²) in [4.78, 5) is 14.2. The van der Waals surface area contributed by atoms with Crippen LogP contribution in [-0.4, -0.2) is 21.1 Å². The second-order valence-electron chi connectivity index (χ2n) is 5.28. The Hall–Kier alpha value is -1.90. The first-order valence-corrected chi connectivity index (χ1v) is 9.29. The Bertz CT molecular complexity index is 861. The Morgan fingerprint density at radius 2 is 2.04 bits per heavy atom. The molecule has 0 bridgehead atoms. The number of anilines is 3. The lowest BCUT2D eigenvalue weighted by Gasteiger charge is -2.11. The lowest BCUT2D eigenvalue weighted by Crippen LogP contribution is -2.08. The first-order valence-electron chi connectivity index (χ1n) is 7.21. The van der Waals surface area contributed by atoms with Crippen molar-refractivity contribution in [3.63, 3.8) is 0 Å². The summed E-state index contributed by atoms with van der Waals surface area (Å²) >= 11 is 9.01. The minimum Gasteiger partial charge on any atom is -0.474 e. The highest BCUT2D eigenvalue weighted by atomic mass is 35.5. The Morgan fingerprint density at radius 1 is 1.25 bits per heavy atom. The summed E-state index contributed by atoms with van der Waals surface area (Å²) in [5.74, 6) is 1.02. The van der Waals surface area contributed by atoms with Crippen molar-refractivity contribution in [3.05, 3.63) is 28.2 Å². The van der Waals surface area contributed by atoms with Crippen molar-refractivity contribution in [2.75, 3.05) is 11.1 Å². The summed E-state index contributed by atoms with van der Waals surface area (Å²) in [7, 11) is 0. The Morgan fingerprint density at radius 3 is 2.71 bits per heavy atom. The zero-order valence-electron chi connectivity index (χ0n) is 13.3. The molecule has 0 amide bonds. The fourth-order valence-electron chi connectivity index (χ4n) is 2.00. The number of hydrogen-bond donors (Lipinski definition) is 2. The van der Waals surface area contributed by atoms with Crippen molar-refractivity contribution >= 4 is 50.4 Å². The number of pyridine rings is 1. The molecule has 0 unspecified atom stereocenters. The monoisotopic (exact) mass is 381 g/mol. The van der Waals surface area contributed by atoms with Crippen LogP contribution in [0.25, 0.3) is 10.6 Å². The number of aromatic nitrogens is 3. The van der Waals surface area contributed by atoms with Gasteiger partial charge in [-0.3, -0.25) is 0 Å². The van der Waals surface area contributed by atoms with Crippen LogP contribution >= 0.6 is 34.3 Å². The van der Waals surface area contributed by atoms with Crippen LogP contribution in [-0.2, 0) is 0 Å². The molecule has 9 heteroatoms. The van der Waals surface area contributed by atoms with Gasteiger partial charge < -0.3 is 15.8 Å². The molecule has 126 valence electrons. The maximum atomic E-state index is 6.10. The van der Waals surface area contributed by atoms with E-state index in [1.807, 2.05) is 26.2 Å². The third-order valence-corrected chi connectivity index (χ3v) is 5.00. The number of ether oxygens (including phenoxy) is 1. The second kappa shape index (κ2) is 6.92. The van der Waals surface area contributed by atoms with Crippen LogP contribution < -0.4 is 15.8 Å². The smallest absolute Gasteiger partial charge is 0.234 e. The molecule has 3 N–H and O–H groups in total. The first kappa shape index (κ1) is 16.9. The SMILES string of the molecule is Cc1nc(N)sc1-c1csc(Nc2ccc(Cl)c(OC(C)C)n2)n1. The minimum atomic E-state index is -0.00326. The third-order valence-electron chi connectivity index (χ3n) is 2.95. The van der Waals surface area contributed by atoms with E-state index < -0.39 is 0 Å². The molecule has 24 heavy (non-hydrogen) atoms. The zero-order valence-corrected chi connectivity index (χ0v) is 15.7. The predicted molar refractivity (Wildman–Crippen MR) is 101 cm³/mol. The molecule has 0 fully saturated rings. The van der Waals surface area contributed by atoms with Crippen LogP contribution in [0.5, 0.6) is 5.88 Å². The molecule has 3 rings (SSSR count). The van der Waals surface area contributed by atoms with E-state index in [4.69, 9.17) is 22.1 Å². The molecule has 0 saturated heterocycles. The van der Waals surface area contributed by atoms with E-state index >= 15 is 0 Å². The van der Waals surface area contributed by atoms with Gasteiger partial charge in [-0.25, -0.2) is 9.97 Å². The first-order chi connectivity index (χ1) is 11.4. The van der Waals surface area contributed by atoms with E-state index in [2.05, 4.69) is 20.3 Å². The molecule has 0 aliphatic rings. The number of nitrogen functional groups attached to an aromatic ring is 1. The molecule has 0 aromatic carbocycles. The van der Waals surface area contributed by atoms with Crippen LogP contribution in [0.4, 0.5) is 16.1 Å². The number of nitrogens with one attached hydrogen (secondary N) is 1. The second-order valence-corrected chi connectivity index (χ2v) is 7.58. The number of hydrogen-bond acceptors (Lipinski definition) is 8. The van der Waals surface area contributed by atoms with E-state index in [9.17, 15) is 0 Å². The van der Waals surface area contributed by atoms with Crippen molar-refractivity contribution in [2.24, 2.45) is 0 Å². The minimum absolute atomic E-state index is 0.00326. The van der Waals surface area contributed by atoms with Crippen molar-refractivity contribution in [1.29, 1.82) is 0 Å². The highest BCUT2D eigenvalue weighted by Gasteiger charge is 2.13. The molecule has 6 nitrogen and oxygen atoms in total. The van der Waals surface area contributed by atoms with E-state index in [-0.39, 0.29) is 6.10 Å². The van der Waals surface area contributed by atoms with Gasteiger partial charge in [-0.05, 0) is 32.9 Å². The van der Waals surface area contributed by atoms with E-state index in [0.29, 0.717) is 21.9 Å². The van der Waals surface area contributed by atoms with Crippen LogP contribution in [0.15, 0.2) is 17.5 Å². The zero-order chi connectivity index (χ0) is 17.3. The van der Waals surface area contributed by atoms with E-state index in [0.717, 1.165) is 21.4 Å². The summed E-state index contributed by atoms with van der Waals surface area (Å²) in [5, 5.41) is 6.88. The number of rotatable bonds is 5. The predicted octanol–water partition coefficient (Wildman–Crippen LogP) is 4.74. The summed E-state index contributed by atoms with van der Waals surface area (Å²) < 4.78 is 5.60. The van der Waals surface area contributed by atoms with Gasteiger partial charge in [-0.2, -0.15) is 4.98 Å². The normalized spacial score (nSPS) is 11.0.